The zero-order valence-electron chi connectivity index (χ0n) is 27.6. The van der Waals surface area contributed by atoms with Gasteiger partial charge in [0.1, 0.15) is 11.3 Å². The number of hydrogen-bond acceptors (Lipinski definition) is 1. The van der Waals surface area contributed by atoms with Crippen molar-refractivity contribution in [1.29, 1.82) is 0 Å². The third kappa shape index (κ3) is 3.08. The molecule has 0 amide bonds. The van der Waals surface area contributed by atoms with Gasteiger partial charge in [-0.1, -0.05) is 91.8 Å². The maximum absolute atomic E-state index is 6.67. The van der Waals surface area contributed by atoms with E-state index in [0.29, 0.717) is 35.5 Å². The van der Waals surface area contributed by atoms with Gasteiger partial charge in [0.15, 0.2) is 0 Å². The van der Waals surface area contributed by atoms with Crippen molar-refractivity contribution in [3.8, 4) is 22.6 Å². The summed E-state index contributed by atoms with van der Waals surface area (Å²) >= 11 is 0. The number of aryl methyl sites for hydroxylation is 2. The van der Waals surface area contributed by atoms with Crippen molar-refractivity contribution >= 4 is 21.9 Å². The lowest BCUT2D eigenvalue weighted by Gasteiger charge is -2.61. The van der Waals surface area contributed by atoms with E-state index in [1.54, 1.807) is 5.56 Å². The van der Waals surface area contributed by atoms with E-state index in [-0.39, 0.29) is 11.0 Å². The predicted molar refractivity (Wildman–Crippen MR) is 178 cm³/mol. The van der Waals surface area contributed by atoms with Crippen molar-refractivity contribution in [3.05, 3.63) is 88.5 Å². The molecular weight excluding hydrogens is 522 g/mol. The van der Waals surface area contributed by atoms with E-state index in [1.165, 1.54) is 55.4 Å². The Bertz CT molecular complexity index is 1970. The molecular formula is C41H46NO+. The van der Waals surface area contributed by atoms with Gasteiger partial charge >= 0.3 is 0 Å². The molecule has 2 unspecified atom stereocenters. The number of nitrogens with zero attached hydrogens (tertiary/aromatic N) is 1. The lowest BCUT2D eigenvalue weighted by atomic mass is 9.41. The first-order valence-electron chi connectivity index (χ1n) is 16.6. The average Bonchev–Trinajstić information content (AvgIpc) is 3.52. The average molecular weight is 569 g/mol. The highest BCUT2D eigenvalue weighted by Gasteiger charge is 2.75. The van der Waals surface area contributed by atoms with Gasteiger partial charge < -0.3 is 4.42 Å². The first-order chi connectivity index (χ1) is 20.4. The van der Waals surface area contributed by atoms with Gasteiger partial charge in [0.25, 0.3) is 0 Å². The molecule has 2 nitrogen and oxygen atoms in total. The van der Waals surface area contributed by atoms with Crippen molar-refractivity contribution in [2.24, 2.45) is 35.5 Å². The fourth-order valence-corrected chi connectivity index (χ4v) is 10.8. The second-order valence-electron chi connectivity index (χ2n) is 15.6. The number of aromatic nitrogens is 1. The van der Waals surface area contributed by atoms with E-state index in [0.717, 1.165) is 11.3 Å². The highest BCUT2D eigenvalue weighted by atomic mass is 16.3. The molecule has 1 saturated carbocycles. The second kappa shape index (κ2) is 8.62. The molecule has 220 valence electrons. The van der Waals surface area contributed by atoms with Crippen LogP contribution in [0.15, 0.2) is 65.1 Å². The minimum Gasteiger partial charge on any atom is -0.456 e. The van der Waals surface area contributed by atoms with Gasteiger partial charge in [0, 0.05) is 56.8 Å². The Morgan fingerprint density at radius 3 is 2.12 bits per heavy atom. The van der Waals surface area contributed by atoms with Crippen LogP contribution < -0.4 is 4.57 Å². The Kier molecular flexibility index (Phi) is 5.45. The van der Waals surface area contributed by atoms with Gasteiger partial charge in [0.05, 0.1) is 5.56 Å². The van der Waals surface area contributed by atoms with Gasteiger partial charge in [-0.25, -0.2) is 0 Å². The van der Waals surface area contributed by atoms with Crippen LogP contribution in [-0.2, 0) is 11.0 Å². The van der Waals surface area contributed by atoms with E-state index >= 15 is 0 Å². The molecule has 43 heavy (non-hydrogen) atoms. The fourth-order valence-electron chi connectivity index (χ4n) is 10.8. The number of pyridine rings is 1. The summed E-state index contributed by atoms with van der Waals surface area (Å²) in [5, 5.41) is 2.63. The van der Waals surface area contributed by atoms with Crippen LogP contribution in [0.3, 0.4) is 0 Å². The van der Waals surface area contributed by atoms with E-state index in [2.05, 4.69) is 134 Å². The summed E-state index contributed by atoms with van der Waals surface area (Å²) in [5.41, 5.74) is 13.3. The van der Waals surface area contributed by atoms with Gasteiger partial charge in [-0.05, 0) is 66.3 Å². The minimum atomic E-state index is -0.175. The Hall–Kier alpha value is -3.39. The van der Waals surface area contributed by atoms with Crippen molar-refractivity contribution in [2.75, 3.05) is 0 Å². The zero-order valence-corrected chi connectivity index (χ0v) is 27.6. The van der Waals surface area contributed by atoms with Crippen LogP contribution in [-0.4, -0.2) is 0 Å². The van der Waals surface area contributed by atoms with Crippen LogP contribution in [0.1, 0.15) is 83.2 Å². The highest BCUT2D eigenvalue weighted by Crippen LogP contribution is 2.68. The molecule has 2 heteroatoms. The number of para-hydroxylation sites is 1. The molecule has 1 fully saturated rings. The first-order valence-corrected chi connectivity index (χ1v) is 16.6. The van der Waals surface area contributed by atoms with E-state index in [1.807, 2.05) is 0 Å². The molecule has 5 aromatic rings. The summed E-state index contributed by atoms with van der Waals surface area (Å²) in [6, 6.07) is 23.2. The van der Waals surface area contributed by atoms with E-state index in [4.69, 9.17) is 4.42 Å². The molecule has 0 bridgehead atoms. The van der Waals surface area contributed by atoms with Crippen LogP contribution in [0.2, 0.25) is 0 Å². The van der Waals surface area contributed by atoms with Crippen molar-refractivity contribution in [2.45, 2.75) is 80.2 Å². The molecule has 0 radical (unpaired) electrons. The summed E-state index contributed by atoms with van der Waals surface area (Å²) < 4.78 is 9.55. The zero-order chi connectivity index (χ0) is 30.3. The molecule has 2 atom stereocenters. The van der Waals surface area contributed by atoms with Crippen LogP contribution in [0, 0.1) is 49.4 Å². The van der Waals surface area contributed by atoms with Crippen LogP contribution in [0.4, 0.5) is 0 Å². The molecule has 1 spiro atoms. The third-order valence-corrected chi connectivity index (χ3v) is 11.8. The monoisotopic (exact) mass is 568 g/mol. The van der Waals surface area contributed by atoms with Gasteiger partial charge in [0.2, 0.25) is 16.7 Å². The number of rotatable bonds is 3. The van der Waals surface area contributed by atoms with Crippen molar-refractivity contribution in [3.63, 3.8) is 0 Å². The Balaban J connectivity index is 1.55. The summed E-state index contributed by atoms with van der Waals surface area (Å²) in [7, 11) is 0. The number of benzene rings is 3. The number of furan rings is 1. The topological polar surface area (TPSA) is 17.0 Å². The SMILES string of the molecule is Cc1cc(C)c2ccc3[n+](c2c1)C1(c2ccc4c(c2-3)C(C)(C)c2c-4oc3ccccc23)C(C(C)C)C(C(C)C)C1C(C)C. The molecule has 2 aromatic heterocycles. The number of fused-ring (bicyclic) bond motifs is 13. The van der Waals surface area contributed by atoms with Gasteiger partial charge in [-0.15, -0.1) is 0 Å². The molecule has 0 saturated heterocycles. The quantitative estimate of drug-likeness (QED) is 0.198. The molecule has 0 N–H and O–H groups in total. The smallest absolute Gasteiger partial charge is 0.214 e. The van der Waals surface area contributed by atoms with Crippen molar-refractivity contribution < 1.29 is 8.98 Å². The molecule has 3 heterocycles. The summed E-state index contributed by atoms with van der Waals surface area (Å²) in [6.45, 7) is 24.3. The molecule has 3 aromatic carbocycles. The third-order valence-electron chi connectivity index (χ3n) is 11.8. The lowest BCUT2D eigenvalue weighted by molar-refractivity contribution is -0.757. The van der Waals surface area contributed by atoms with Gasteiger partial charge in [-0.3, -0.25) is 0 Å². The number of hydrogen-bond donors (Lipinski definition) is 0. The highest BCUT2D eigenvalue weighted by molar-refractivity contribution is 5.98. The molecule has 3 aliphatic rings. The largest absolute Gasteiger partial charge is 0.456 e. The Morgan fingerprint density at radius 2 is 1.44 bits per heavy atom. The maximum atomic E-state index is 6.67. The lowest BCUT2D eigenvalue weighted by Crippen LogP contribution is -2.77. The molecule has 8 rings (SSSR count). The second-order valence-corrected chi connectivity index (χ2v) is 15.6. The Morgan fingerprint density at radius 1 is 0.744 bits per heavy atom. The summed E-state index contributed by atoms with van der Waals surface area (Å²) in [5.74, 6) is 4.61. The first kappa shape index (κ1) is 27.2. The normalized spacial score (nSPS) is 24.7. The van der Waals surface area contributed by atoms with E-state index < -0.39 is 0 Å². The summed E-state index contributed by atoms with van der Waals surface area (Å²) in [4.78, 5) is 0. The molecule has 1 aliphatic heterocycles. The fraction of sp³-hybridized carbons (Fsp3) is 0.439. The Labute approximate surface area is 257 Å². The van der Waals surface area contributed by atoms with E-state index in [9.17, 15) is 0 Å². The minimum absolute atomic E-state index is 0.0847. The summed E-state index contributed by atoms with van der Waals surface area (Å²) in [6.07, 6.45) is 0. The van der Waals surface area contributed by atoms with Crippen LogP contribution in [0.25, 0.3) is 44.5 Å². The predicted octanol–water partition coefficient (Wildman–Crippen LogP) is 10.4. The van der Waals surface area contributed by atoms with Gasteiger partial charge in [-0.2, -0.15) is 4.57 Å². The van der Waals surface area contributed by atoms with Crippen LogP contribution in [0.5, 0.6) is 0 Å². The van der Waals surface area contributed by atoms with Crippen LogP contribution >= 0.6 is 0 Å². The standard InChI is InChI=1S/C41H46NO/c1-21(2)33-35(22(3)4)41(36(33)23(5)6)29-17-15-28-37(40(9,10)38-27-13-11-12-14-32(27)43-39(28)38)34(29)30-18-16-26-25(8)19-24(7)20-31(26)42(30)41/h11-23,33,35-36H,1-10H3/q+1. The molecule has 2 aliphatic carbocycles. The maximum Gasteiger partial charge on any atom is 0.214 e. The van der Waals surface area contributed by atoms with Crippen molar-refractivity contribution in [1.82, 2.24) is 0 Å².